The SMILES string of the molecule is CC(=O)Nc1cc(NC(=O)Cc2csc(N)n2)ccc1F. The first-order valence-electron chi connectivity index (χ1n) is 6.01. The van der Waals surface area contributed by atoms with Gasteiger partial charge in [0.25, 0.3) is 0 Å². The summed E-state index contributed by atoms with van der Waals surface area (Å²) in [5.74, 6) is -1.27. The average Bonchev–Trinajstić information content (AvgIpc) is 2.78. The molecule has 2 amide bonds. The zero-order valence-corrected chi connectivity index (χ0v) is 12.0. The summed E-state index contributed by atoms with van der Waals surface area (Å²) >= 11 is 1.25. The summed E-state index contributed by atoms with van der Waals surface area (Å²) in [5.41, 5.74) is 6.45. The van der Waals surface area contributed by atoms with Gasteiger partial charge in [0.2, 0.25) is 11.8 Å². The third-order valence-corrected chi connectivity index (χ3v) is 3.19. The van der Waals surface area contributed by atoms with E-state index in [0.29, 0.717) is 16.5 Å². The molecule has 0 bridgehead atoms. The van der Waals surface area contributed by atoms with E-state index in [-0.39, 0.29) is 18.0 Å². The fourth-order valence-corrected chi connectivity index (χ4v) is 2.22. The number of thiazole rings is 1. The van der Waals surface area contributed by atoms with E-state index in [2.05, 4.69) is 15.6 Å². The van der Waals surface area contributed by atoms with Crippen LogP contribution >= 0.6 is 11.3 Å². The van der Waals surface area contributed by atoms with Gasteiger partial charge >= 0.3 is 0 Å². The monoisotopic (exact) mass is 308 g/mol. The van der Waals surface area contributed by atoms with E-state index in [1.165, 1.54) is 36.5 Å². The zero-order chi connectivity index (χ0) is 15.4. The number of carbonyl (C=O) groups excluding carboxylic acids is 2. The molecule has 0 spiro atoms. The maximum atomic E-state index is 13.5. The summed E-state index contributed by atoms with van der Waals surface area (Å²) in [5, 5.41) is 7.05. The predicted molar refractivity (Wildman–Crippen MR) is 79.6 cm³/mol. The molecule has 6 nitrogen and oxygen atoms in total. The van der Waals surface area contributed by atoms with Crippen LogP contribution in [0.4, 0.5) is 20.9 Å². The lowest BCUT2D eigenvalue weighted by Crippen LogP contribution is -2.15. The molecule has 1 aromatic heterocycles. The molecule has 0 aliphatic heterocycles. The number of benzene rings is 1. The highest BCUT2D eigenvalue weighted by atomic mass is 32.1. The van der Waals surface area contributed by atoms with Gasteiger partial charge in [-0.2, -0.15) is 0 Å². The molecule has 0 saturated heterocycles. The van der Waals surface area contributed by atoms with Gasteiger partial charge in [-0.1, -0.05) is 0 Å². The van der Waals surface area contributed by atoms with Gasteiger partial charge < -0.3 is 16.4 Å². The minimum absolute atomic E-state index is 0.0122. The Morgan fingerprint density at radius 1 is 1.38 bits per heavy atom. The van der Waals surface area contributed by atoms with Crippen molar-refractivity contribution < 1.29 is 14.0 Å². The van der Waals surface area contributed by atoms with Crippen LogP contribution in [0.25, 0.3) is 0 Å². The van der Waals surface area contributed by atoms with Crippen molar-refractivity contribution in [3.63, 3.8) is 0 Å². The molecule has 0 unspecified atom stereocenters. The number of carbonyl (C=O) groups is 2. The van der Waals surface area contributed by atoms with Crippen molar-refractivity contribution >= 4 is 39.7 Å². The Labute approximate surface area is 124 Å². The Hall–Kier alpha value is -2.48. The third kappa shape index (κ3) is 4.25. The van der Waals surface area contributed by atoms with Crippen molar-refractivity contribution in [2.24, 2.45) is 0 Å². The van der Waals surface area contributed by atoms with Crippen LogP contribution in [0.15, 0.2) is 23.6 Å². The molecule has 1 aromatic carbocycles. The highest BCUT2D eigenvalue weighted by Gasteiger charge is 2.10. The second-order valence-electron chi connectivity index (χ2n) is 4.28. The first kappa shape index (κ1) is 14.9. The Kier molecular flexibility index (Phi) is 4.49. The molecule has 0 saturated carbocycles. The van der Waals surface area contributed by atoms with Crippen molar-refractivity contribution in [3.8, 4) is 0 Å². The maximum Gasteiger partial charge on any atom is 0.230 e. The lowest BCUT2D eigenvalue weighted by molar-refractivity contribution is -0.116. The average molecular weight is 308 g/mol. The third-order valence-electron chi connectivity index (χ3n) is 2.47. The molecule has 2 rings (SSSR count). The number of nitrogens with zero attached hydrogens (tertiary/aromatic N) is 1. The molecule has 1 heterocycles. The lowest BCUT2D eigenvalue weighted by atomic mass is 10.2. The Morgan fingerprint density at radius 3 is 2.76 bits per heavy atom. The largest absolute Gasteiger partial charge is 0.375 e. The molecular weight excluding hydrogens is 295 g/mol. The summed E-state index contributed by atoms with van der Waals surface area (Å²) < 4.78 is 13.5. The van der Waals surface area contributed by atoms with E-state index in [0.717, 1.165) is 0 Å². The molecule has 0 atom stereocenters. The zero-order valence-electron chi connectivity index (χ0n) is 11.1. The number of nitrogens with one attached hydrogen (secondary N) is 2. The molecule has 110 valence electrons. The van der Waals surface area contributed by atoms with E-state index in [4.69, 9.17) is 5.73 Å². The van der Waals surface area contributed by atoms with Crippen LogP contribution in [-0.2, 0) is 16.0 Å². The molecule has 0 fully saturated rings. The molecule has 2 aromatic rings. The van der Waals surface area contributed by atoms with Gasteiger partial charge in [0.05, 0.1) is 17.8 Å². The summed E-state index contributed by atoms with van der Waals surface area (Å²) in [7, 11) is 0. The molecular formula is C13H13FN4O2S. The van der Waals surface area contributed by atoms with E-state index < -0.39 is 11.7 Å². The van der Waals surface area contributed by atoms with E-state index in [1.807, 2.05) is 0 Å². The molecule has 0 aliphatic carbocycles. The number of halogens is 1. The van der Waals surface area contributed by atoms with Gasteiger partial charge in [-0.15, -0.1) is 11.3 Å². The summed E-state index contributed by atoms with van der Waals surface area (Å²) in [6.07, 6.45) is 0.0700. The minimum Gasteiger partial charge on any atom is -0.375 e. The number of anilines is 3. The van der Waals surface area contributed by atoms with Gasteiger partial charge in [-0.3, -0.25) is 9.59 Å². The number of nitrogen functional groups attached to an aromatic ring is 1. The van der Waals surface area contributed by atoms with Crippen molar-refractivity contribution in [3.05, 3.63) is 35.1 Å². The smallest absolute Gasteiger partial charge is 0.230 e. The number of amides is 2. The van der Waals surface area contributed by atoms with Crippen LogP contribution < -0.4 is 16.4 Å². The standard InChI is InChI=1S/C13H13FN4O2S/c1-7(19)16-11-4-8(2-3-10(11)14)17-12(20)5-9-6-21-13(15)18-9/h2-4,6H,5H2,1H3,(H2,15,18)(H,16,19)(H,17,20). The van der Waals surface area contributed by atoms with Crippen LogP contribution in [0.1, 0.15) is 12.6 Å². The lowest BCUT2D eigenvalue weighted by Gasteiger charge is -2.08. The van der Waals surface area contributed by atoms with E-state index >= 15 is 0 Å². The number of aromatic nitrogens is 1. The molecule has 4 N–H and O–H groups in total. The summed E-state index contributed by atoms with van der Waals surface area (Å²) in [6, 6.07) is 3.93. The van der Waals surface area contributed by atoms with E-state index in [9.17, 15) is 14.0 Å². The van der Waals surface area contributed by atoms with Crippen molar-refractivity contribution in [2.75, 3.05) is 16.4 Å². The number of hydrogen-bond donors (Lipinski definition) is 3. The minimum atomic E-state index is -0.574. The number of hydrogen-bond acceptors (Lipinski definition) is 5. The van der Waals surface area contributed by atoms with Crippen LogP contribution in [0.2, 0.25) is 0 Å². The van der Waals surface area contributed by atoms with Crippen LogP contribution in [0.3, 0.4) is 0 Å². The van der Waals surface area contributed by atoms with Crippen LogP contribution in [-0.4, -0.2) is 16.8 Å². The Morgan fingerprint density at radius 2 is 2.14 bits per heavy atom. The van der Waals surface area contributed by atoms with Gasteiger partial charge in [0, 0.05) is 18.0 Å². The maximum absolute atomic E-state index is 13.5. The fourth-order valence-electron chi connectivity index (χ4n) is 1.66. The molecule has 21 heavy (non-hydrogen) atoms. The highest BCUT2D eigenvalue weighted by Crippen LogP contribution is 2.20. The van der Waals surface area contributed by atoms with Gasteiger partial charge in [-0.05, 0) is 18.2 Å². The number of rotatable bonds is 4. The first-order valence-corrected chi connectivity index (χ1v) is 6.89. The summed E-state index contributed by atoms with van der Waals surface area (Å²) in [6.45, 7) is 1.28. The normalized spacial score (nSPS) is 10.2. The van der Waals surface area contributed by atoms with Crippen LogP contribution in [0.5, 0.6) is 0 Å². The quantitative estimate of drug-likeness (QED) is 0.804. The Bertz CT molecular complexity index is 687. The van der Waals surface area contributed by atoms with E-state index in [1.54, 1.807) is 5.38 Å². The molecule has 0 aliphatic rings. The Balaban J connectivity index is 2.05. The second-order valence-corrected chi connectivity index (χ2v) is 5.17. The highest BCUT2D eigenvalue weighted by molar-refractivity contribution is 7.13. The van der Waals surface area contributed by atoms with Crippen molar-refractivity contribution in [1.29, 1.82) is 0 Å². The van der Waals surface area contributed by atoms with Gasteiger partial charge in [0.15, 0.2) is 5.13 Å². The second kappa shape index (κ2) is 6.31. The van der Waals surface area contributed by atoms with Crippen molar-refractivity contribution in [2.45, 2.75) is 13.3 Å². The van der Waals surface area contributed by atoms with Gasteiger partial charge in [0.1, 0.15) is 5.82 Å². The molecule has 8 heteroatoms. The molecule has 0 radical (unpaired) electrons. The first-order chi connectivity index (χ1) is 9.94. The van der Waals surface area contributed by atoms with Crippen molar-refractivity contribution in [1.82, 2.24) is 4.98 Å². The van der Waals surface area contributed by atoms with Crippen LogP contribution in [0, 0.1) is 5.82 Å². The summed E-state index contributed by atoms with van der Waals surface area (Å²) in [4.78, 5) is 26.8. The predicted octanol–water partition coefficient (Wildman–Crippen LogP) is 2.00. The number of nitrogens with two attached hydrogens (primary N) is 1. The topological polar surface area (TPSA) is 97.1 Å². The fraction of sp³-hybridized carbons (Fsp3) is 0.154. The van der Waals surface area contributed by atoms with Gasteiger partial charge in [-0.25, -0.2) is 9.37 Å².